The summed E-state index contributed by atoms with van der Waals surface area (Å²) in [6.45, 7) is 1.04. The van der Waals surface area contributed by atoms with Crippen molar-refractivity contribution in [3.63, 3.8) is 0 Å². The van der Waals surface area contributed by atoms with Gasteiger partial charge in [-0.1, -0.05) is 0 Å². The van der Waals surface area contributed by atoms with Crippen LogP contribution in [0.25, 0.3) is 0 Å². The highest BCUT2D eigenvalue weighted by molar-refractivity contribution is 9.10. The molecule has 0 bridgehead atoms. The molecule has 0 spiro atoms. The third-order valence-corrected chi connectivity index (χ3v) is 4.03. The first kappa shape index (κ1) is 13.5. The number of ether oxygens (including phenoxy) is 3. The quantitative estimate of drug-likeness (QED) is 0.927. The van der Waals surface area contributed by atoms with E-state index >= 15 is 0 Å². The van der Waals surface area contributed by atoms with Crippen LogP contribution >= 0.6 is 15.9 Å². The molecule has 0 aromatic heterocycles. The van der Waals surface area contributed by atoms with Gasteiger partial charge in [0.2, 0.25) is 0 Å². The fraction of sp³-hybridized carbons (Fsp3) is 0.538. The lowest BCUT2D eigenvalue weighted by atomic mass is 10.0. The second-order valence-corrected chi connectivity index (χ2v) is 4.98. The van der Waals surface area contributed by atoms with E-state index in [9.17, 15) is 0 Å². The summed E-state index contributed by atoms with van der Waals surface area (Å²) in [4.78, 5) is 0. The molecule has 4 nitrogen and oxygen atoms in total. The topological polar surface area (TPSA) is 39.7 Å². The van der Waals surface area contributed by atoms with Gasteiger partial charge in [0.25, 0.3) is 0 Å². The molecule has 0 saturated carbocycles. The van der Waals surface area contributed by atoms with Crippen LogP contribution in [0.2, 0.25) is 0 Å². The molecule has 5 heteroatoms. The maximum Gasteiger partial charge on any atom is 0.175 e. The van der Waals surface area contributed by atoms with Gasteiger partial charge in [-0.25, -0.2) is 0 Å². The van der Waals surface area contributed by atoms with Crippen molar-refractivity contribution < 1.29 is 14.2 Å². The Kier molecular flexibility index (Phi) is 4.35. The lowest BCUT2D eigenvalue weighted by Gasteiger charge is -2.20. The van der Waals surface area contributed by atoms with E-state index in [0.29, 0.717) is 17.5 Å². The molecule has 1 unspecified atom stereocenters. The Morgan fingerprint density at radius 3 is 2.39 bits per heavy atom. The van der Waals surface area contributed by atoms with Gasteiger partial charge in [-0.3, -0.25) is 0 Å². The fourth-order valence-corrected chi connectivity index (χ4v) is 3.20. The van der Waals surface area contributed by atoms with Gasteiger partial charge in [-0.15, -0.1) is 0 Å². The summed E-state index contributed by atoms with van der Waals surface area (Å²) >= 11 is 3.61. The summed E-state index contributed by atoms with van der Waals surface area (Å²) in [5, 5.41) is 3.47. The van der Waals surface area contributed by atoms with Gasteiger partial charge in [-0.2, -0.15) is 0 Å². The Bertz CT molecular complexity index is 431. The summed E-state index contributed by atoms with van der Waals surface area (Å²) in [6, 6.07) is 2.17. The van der Waals surface area contributed by atoms with Gasteiger partial charge < -0.3 is 19.5 Å². The van der Waals surface area contributed by atoms with Gasteiger partial charge in [0, 0.05) is 17.7 Å². The first-order chi connectivity index (χ1) is 8.72. The lowest BCUT2D eigenvalue weighted by molar-refractivity contribution is 0.343. The molecule has 1 aliphatic rings. The first-order valence-electron chi connectivity index (χ1n) is 5.94. The SMILES string of the molecule is COc1cc(OC)c(C2CCCN2)c(Br)c1OC. The Morgan fingerprint density at radius 2 is 1.89 bits per heavy atom. The van der Waals surface area contributed by atoms with Gasteiger partial charge in [0.15, 0.2) is 11.5 Å². The number of halogens is 1. The van der Waals surface area contributed by atoms with Gasteiger partial charge in [0.1, 0.15) is 5.75 Å². The molecule has 0 amide bonds. The molecule has 1 fully saturated rings. The van der Waals surface area contributed by atoms with E-state index in [0.717, 1.165) is 28.8 Å². The minimum atomic E-state index is 0.300. The standard InChI is InChI=1S/C13H18BrNO3/c1-16-9-7-10(17-2)13(18-3)12(14)11(9)8-5-4-6-15-8/h7-8,15H,4-6H2,1-3H3. The predicted molar refractivity (Wildman–Crippen MR) is 73.8 cm³/mol. The summed E-state index contributed by atoms with van der Waals surface area (Å²) in [6.07, 6.45) is 2.28. The van der Waals surface area contributed by atoms with E-state index in [2.05, 4.69) is 21.2 Å². The zero-order chi connectivity index (χ0) is 13.1. The first-order valence-corrected chi connectivity index (χ1v) is 6.74. The third-order valence-electron chi connectivity index (χ3n) is 3.24. The van der Waals surface area contributed by atoms with Crippen LogP contribution in [0.1, 0.15) is 24.4 Å². The van der Waals surface area contributed by atoms with E-state index in [1.807, 2.05) is 6.07 Å². The van der Waals surface area contributed by atoms with Crippen LogP contribution in [0.5, 0.6) is 17.2 Å². The van der Waals surface area contributed by atoms with Crippen molar-refractivity contribution >= 4 is 15.9 Å². The summed E-state index contributed by atoms with van der Waals surface area (Å²) in [5.41, 5.74) is 1.10. The highest BCUT2D eigenvalue weighted by Gasteiger charge is 2.26. The van der Waals surface area contributed by atoms with Crippen LogP contribution in [0, 0.1) is 0 Å². The summed E-state index contributed by atoms with van der Waals surface area (Å²) in [7, 11) is 4.93. The van der Waals surface area contributed by atoms with Crippen molar-refractivity contribution in [1.82, 2.24) is 5.32 Å². The minimum Gasteiger partial charge on any atom is -0.496 e. The van der Waals surface area contributed by atoms with Gasteiger partial charge >= 0.3 is 0 Å². The third kappa shape index (κ3) is 2.29. The Balaban J connectivity index is 2.54. The van der Waals surface area contributed by atoms with Crippen LogP contribution in [-0.2, 0) is 0 Å². The number of rotatable bonds is 4. The van der Waals surface area contributed by atoms with E-state index < -0.39 is 0 Å². The maximum atomic E-state index is 5.48. The molecule has 0 aliphatic carbocycles. The normalized spacial score (nSPS) is 18.8. The van der Waals surface area contributed by atoms with Gasteiger partial charge in [-0.05, 0) is 35.3 Å². The number of hydrogen-bond donors (Lipinski definition) is 1. The number of hydrogen-bond acceptors (Lipinski definition) is 4. The molecule has 18 heavy (non-hydrogen) atoms. The second-order valence-electron chi connectivity index (χ2n) is 4.19. The maximum absolute atomic E-state index is 5.48. The van der Waals surface area contributed by atoms with Crippen molar-refractivity contribution in [2.45, 2.75) is 18.9 Å². The largest absolute Gasteiger partial charge is 0.496 e. The molecule has 1 aromatic rings. The molecule has 1 aliphatic heterocycles. The molecule has 1 saturated heterocycles. The average Bonchev–Trinajstić information content (AvgIpc) is 2.90. The highest BCUT2D eigenvalue weighted by atomic mass is 79.9. The Morgan fingerprint density at radius 1 is 1.17 bits per heavy atom. The smallest absolute Gasteiger partial charge is 0.175 e. The van der Waals surface area contributed by atoms with Crippen LogP contribution in [0.4, 0.5) is 0 Å². The highest BCUT2D eigenvalue weighted by Crippen LogP contribution is 2.46. The second kappa shape index (κ2) is 5.80. The average molecular weight is 316 g/mol. The molecule has 1 atom stereocenters. The monoisotopic (exact) mass is 315 g/mol. The van der Waals surface area contributed by atoms with Crippen molar-refractivity contribution in [1.29, 1.82) is 0 Å². The fourth-order valence-electron chi connectivity index (χ4n) is 2.37. The number of nitrogens with one attached hydrogen (secondary N) is 1. The van der Waals surface area contributed by atoms with Crippen molar-refractivity contribution in [3.05, 3.63) is 16.1 Å². The summed E-state index contributed by atoms with van der Waals surface area (Å²) in [5.74, 6) is 2.20. The Labute approximate surface area is 116 Å². The molecule has 2 rings (SSSR count). The van der Waals surface area contributed by atoms with E-state index in [-0.39, 0.29) is 0 Å². The predicted octanol–water partition coefficient (Wildman–Crippen LogP) is 2.90. The summed E-state index contributed by atoms with van der Waals surface area (Å²) < 4.78 is 17.1. The zero-order valence-electron chi connectivity index (χ0n) is 10.9. The minimum absolute atomic E-state index is 0.300. The molecule has 100 valence electrons. The Hall–Kier alpha value is -0.940. The van der Waals surface area contributed by atoms with E-state index in [1.165, 1.54) is 6.42 Å². The van der Waals surface area contributed by atoms with Crippen molar-refractivity contribution in [3.8, 4) is 17.2 Å². The van der Waals surface area contributed by atoms with E-state index in [1.54, 1.807) is 21.3 Å². The van der Waals surface area contributed by atoms with Crippen LogP contribution < -0.4 is 19.5 Å². The number of benzene rings is 1. The van der Waals surface area contributed by atoms with Crippen molar-refractivity contribution in [2.75, 3.05) is 27.9 Å². The van der Waals surface area contributed by atoms with Crippen LogP contribution in [0.15, 0.2) is 10.5 Å². The molecule has 1 heterocycles. The zero-order valence-corrected chi connectivity index (χ0v) is 12.5. The van der Waals surface area contributed by atoms with E-state index in [4.69, 9.17) is 14.2 Å². The molecular formula is C13H18BrNO3. The van der Waals surface area contributed by atoms with Crippen LogP contribution in [-0.4, -0.2) is 27.9 Å². The molecule has 1 N–H and O–H groups in total. The molecule has 0 radical (unpaired) electrons. The van der Waals surface area contributed by atoms with Gasteiger partial charge in [0.05, 0.1) is 25.8 Å². The molecule has 1 aromatic carbocycles. The number of methoxy groups -OCH3 is 3. The molecular weight excluding hydrogens is 298 g/mol. The lowest BCUT2D eigenvalue weighted by Crippen LogP contribution is -2.15. The van der Waals surface area contributed by atoms with Crippen LogP contribution in [0.3, 0.4) is 0 Å². The van der Waals surface area contributed by atoms with Crippen molar-refractivity contribution in [2.24, 2.45) is 0 Å².